The van der Waals surface area contributed by atoms with E-state index in [9.17, 15) is 4.79 Å². The molecule has 1 amide bonds. The van der Waals surface area contributed by atoms with Crippen molar-refractivity contribution in [1.82, 2.24) is 15.1 Å². The molecule has 2 heterocycles. The third kappa shape index (κ3) is 3.85. The highest BCUT2D eigenvalue weighted by Crippen LogP contribution is 2.21. The highest BCUT2D eigenvalue weighted by Gasteiger charge is 2.29. The summed E-state index contributed by atoms with van der Waals surface area (Å²) in [6.07, 6.45) is 1.38. The van der Waals surface area contributed by atoms with Crippen LogP contribution in [0.15, 0.2) is 42.5 Å². The summed E-state index contributed by atoms with van der Waals surface area (Å²) in [5, 5.41) is 8.45. The Labute approximate surface area is 147 Å². The van der Waals surface area contributed by atoms with Crippen LogP contribution in [0.5, 0.6) is 0 Å². The number of aromatic nitrogens is 2. The van der Waals surface area contributed by atoms with Crippen LogP contribution in [0.1, 0.15) is 25.3 Å². The smallest absolute Gasteiger partial charge is 0.224 e. The normalized spacial score (nSPS) is 18.6. The summed E-state index contributed by atoms with van der Waals surface area (Å²) in [6.45, 7) is 4.17. The summed E-state index contributed by atoms with van der Waals surface area (Å²) in [5.74, 6) is 0.960. The molecule has 5 nitrogen and oxygen atoms in total. The summed E-state index contributed by atoms with van der Waals surface area (Å²) < 4.78 is 0. The number of rotatable bonds is 4. The molecule has 0 spiro atoms. The number of carbonyl (C=O) groups excluding carboxylic acids is 1. The van der Waals surface area contributed by atoms with Crippen LogP contribution in [0.3, 0.4) is 0 Å². The predicted octanol–water partition coefficient (Wildman–Crippen LogP) is 3.15. The van der Waals surface area contributed by atoms with Gasteiger partial charge in [0.05, 0.1) is 0 Å². The SMILES string of the molecule is CC[C@H]1CN(c2ccc(Cl)nn2)CCC(=O)N1Cc1ccccc1. The zero-order valence-corrected chi connectivity index (χ0v) is 14.5. The lowest BCUT2D eigenvalue weighted by Crippen LogP contribution is -2.42. The van der Waals surface area contributed by atoms with E-state index in [1.807, 2.05) is 29.2 Å². The second kappa shape index (κ2) is 7.62. The lowest BCUT2D eigenvalue weighted by Gasteiger charge is -2.31. The van der Waals surface area contributed by atoms with Crippen molar-refractivity contribution in [2.24, 2.45) is 0 Å². The van der Waals surface area contributed by atoms with Gasteiger partial charge in [-0.2, -0.15) is 0 Å². The van der Waals surface area contributed by atoms with E-state index in [4.69, 9.17) is 11.6 Å². The molecule has 1 fully saturated rings. The van der Waals surface area contributed by atoms with E-state index in [-0.39, 0.29) is 11.9 Å². The molecule has 1 aliphatic rings. The van der Waals surface area contributed by atoms with Crippen molar-refractivity contribution < 1.29 is 4.79 Å². The van der Waals surface area contributed by atoms with E-state index in [0.29, 0.717) is 24.7 Å². The van der Waals surface area contributed by atoms with Gasteiger partial charge in [-0.1, -0.05) is 48.9 Å². The summed E-state index contributed by atoms with van der Waals surface area (Å²) in [4.78, 5) is 16.8. The Balaban J connectivity index is 1.79. The van der Waals surface area contributed by atoms with Crippen LogP contribution in [0.4, 0.5) is 5.82 Å². The van der Waals surface area contributed by atoms with Gasteiger partial charge in [-0.25, -0.2) is 0 Å². The number of amides is 1. The second-order valence-corrected chi connectivity index (χ2v) is 6.37. The highest BCUT2D eigenvalue weighted by atomic mass is 35.5. The minimum atomic E-state index is 0.151. The van der Waals surface area contributed by atoms with Gasteiger partial charge >= 0.3 is 0 Å². The molecule has 2 aromatic rings. The predicted molar refractivity (Wildman–Crippen MR) is 94.9 cm³/mol. The quantitative estimate of drug-likeness (QED) is 0.855. The molecule has 126 valence electrons. The molecule has 24 heavy (non-hydrogen) atoms. The van der Waals surface area contributed by atoms with Crippen LogP contribution in [-0.4, -0.2) is 40.1 Å². The largest absolute Gasteiger partial charge is 0.353 e. The molecular weight excluding hydrogens is 324 g/mol. The zero-order valence-electron chi connectivity index (χ0n) is 13.7. The van der Waals surface area contributed by atoms with Crippen molar-refractivity contribution in [1.29, 1.82) is 0 Å². The Bertz CT molecular complexity index is 677. The van der Waals surface area contributed by atoms with Crippen LogP contribution in [0, 0.1) is 0 Å². The number of anilines is 1. The van der Waals surface area contributed by atoms with Crippen molar-refractivity contribution in [2.75, 3.05) is 18.0 Å². The van der Waals surface area contributed by atoms with Crippen molar-refractivity contribution in [3.05, 3.63) is 53.2 Å². The third-order valence-electron chi connectivity index (χ3n) is 4.40. The van der Waals surface area contributed by atoms with E-state index in [2.05, 4.69) is 34.2 Å². The lowest BCUT2D eigenvalue weighted by atomic mass is 10.1. The number of halogens is 1. The van der Waals surface area contributed by atoms with Crippen molar-refractivity contribution in [3.63, 3.8) is 0 Å². The number of hydrogen-bond donors (Lipinski definition) is 0. The molecule has 1 aliphatic heterocycles. The first kappa shape index (κ1) is 16.7. The first-order valence-electron chi connectivity index (χ1n) is 8.25. The van der Waals surface area contributed by atoms with Gasteiger partial charge < -0.3 is 9.80 Å². The van der Waals surface area contributed by atoms with Crippen LogP contribution in [-0.2, 0) is 11.3 Å². The number of benzene rings is 1. The molecule has 6 heteroatoms. The fourth-order valence-electron chi connectivity index (χ4n) is 3.05. The maximum atomic E-state index is 12.7. The minimum Gasteiger partial charge on any atom is -0.353 e. The topological polar surface area (TPSA) is 49.3 Å². The van der Waals surface area contributed by atoms with Crippen LogP contribution in [0.25, 0.3) is 0 Å². The van der Waals surface area contributed by atoms with E-state index in [1.54, 1.807) is 6.07 Å². The average molecular weight is 345 g/mol. The molecule has 0 unspecified atom stereocenters. The van der Waals surface area contributed by atoms with E-state index >= 15 is 0 Å². The van der Waals surface area contributed by atoms with Crippen LogP contribution in [0.2, 0.25) is 5.15 Å². The lowest BCUT2D eigenvalue weighted by molar-refractivity contribution is -0.133. The molecule has 1 aromatic carbocycles. The van der Waals surface area contributed by atoms with Crippen molar-refractivity contribution >= 4 is 23.3 Å². The molecular formula is C18H21ClN4O. The Morgan fingerprint density at radius 2 is 1.96 bits per heavy atom. The first-order valence-corrected chi connectivity index (χ1v) is 8.62. The van der Waals surface area contributed by atoms with Gasteiger partial charge in [0.2, 0.25) is 5.91 Å². The number of nitrogens with zero attached hydrogens (tertiary/aromatic N) is 4. The first-order chi connectivity index (χ1) is 11.7. The maximum Gasteiger partial charge on any atom is 0.224 e. The molecule has 1 saturated heterocycles. The van der Waals surface area contributed by atoms with Gasteiger partial charge in [-0.3, -0.25) is 4.79 Å². The standard InChI is InChI=1S/C18H21ClN4O/c1-2-15-13-22(17-9-8-16(19)20-21-17)11-10-18(24)23(15)12-14-6-4-3-5-7-14/h3-9,15H,2,10-13H2,1H3/t15-/m0/s1. The number of hydrogen-bond acceptors (Lipinski definition) is 4. The molecule has 3 rings (SSSR count). The zero-order chi connectivity index (χ0) is 16.9. The van der Waals surface area contributed by atoms with Gasteiger partial charge in [0.15, 0.2) is 11.0 Å². The van der Waals surface area contributed by atoms with Gasteiger partial charge in [0.25, 0.3) is 0 Å². The second-order valence-electron chi connectivity index (χ2n) is 5.98. The van der Waals surface area contributed by atoms with Gasteiger partial charge in [-0.15, -0.1) is 10.2 Å². The van der Waals surface area contributed by atoms with Gasteiger partial charge in [-0.05, 0) is 24.1 Å². The maximum absolute atomic E-state index is 12.7. The van der Waals surface area contributed by atoms with Crippen molar-refractivity contribution in [2.45, 2.75) is 32.4 Å². The summed E-state index contributed by atoms with van der Waals surface area (Å²) in [6, 6.07) is 13.9. The Morgan fingerprint density at radius 3 is 2.62 bits per heavy atom. The summed E-state index contributed by atoms with van der Waals surface area (Å²) in [5.41, 5.74) is 1.16. The van der Waals surface area contributed by atoms with E-state index in [0.717, 1.165) is 24.3 Å². The minimum absolute atomic E-state index is 0.151. The van der Waals surface area contributed by atoms with Gasteiger partial charge in [0, 0.05) is 32.1 Å². The van der Waals surface area contributed by atoms with Crippen LogP contribution < -0.4 is 4.90 Å². The fraction of sp³-hybridized carbons (Fsp3) is 0.389. The Hall–Kier alpha value is -2.14. The Kier molecular flexibility index (Phi) is 5.30. The molecule has 1 atom stereocenters. The molecule has 0 N–H and O–H groups in total. The van der Waals surface area contributed by atoms with E-state index in [1.165, 1.54) is 0 Å². The molecule has 0 bridgehead atoms. The summed E-state index contributed by atoms with van der Waals surface area (Å²) >= 11 is 5.82. The average Bonchev–Trinajstić information content (AvgIpc) is 2.76. The van der Waals surface area contributed by atoms with Crippen molar-refractivity contribution in [3.8, 4) is 0 Å². The molecule has 1 aromatic heterocycles. The number of carbonyl (C=O) groups is 1. The molecule has 0 aliphatic carbocycles. The third-order valence-corrected chi connectivity index (χ3v) is 4.60. The molecule has 0 radical (unpaired) electrons. The summed E-state index contributed by atoms with van der Waals surface area (Å²) in [7, 11) is 0. The fourth-order valence-corrected chi connectivity index (χ4v) is 3.16. The Morgan fingerprint density at radius 1 is 1.17 bits per heavy atom. The van der Waals surface area contributed by atoms with E-state index < -0.39 is 0 Å². The van der Waals surface area contributed by atoms with Gasteiger partial charge in [0.1, 0.15) is 0 Å². The van der Waals surface area contributed by atoms with Crippen LogP contribution >= 0.6 is 11.6 Å². The monoisotopic (exact) mass is 344 g/mol. The molecule has 0 saturated carbocycles. The highest BCUT2D eigenvalue weighted by molar-refractivity contribution is 6.29.